The number of pyridine rings is 1. The zero-order valence-corrected chi connectivity index (χ0v) is 16.0. The van der Waals surface area contributed by atoms with E-state index >= 15 is 0 Å². The number of anilines is 2. The van der Waals surface area contributed by atoms with Gasteiger partial charge in [0, 0.05) is 25.2 Å². The van der Waals surface area contributed by atoms with Crippen LogP contribution in [0.4, 0.5) is 11.5 Å². The lowest BCUT2D eigenvalue weighted by Gasteiger charge is -2.38. The molecule has 1 aliphatic heterocycles. The Morgan fingerprint density at radius 2 is 1.76 bits per heavy atom. The summed E-state index contributed by atoms with van der Waals surface area (Å²) in [5.41, 5.74) is 7.64. The lowest BCUT2D eigenvalue weighted by Crippen LogP contribution is -2.42. The van der Waals surface area contributed by atoms with Gasteiger partial charge in [0.1, 0.15) is 5.82 Å². The molecule has 1 aromatic heterocycles. The summed E-state index contributed by atoms with van der Waals surface area (Å²) < 4.78 is 0. The zero-order chi connectivity index (χ0) is 18.0. The van der Waals surface area contributed by atoms with Gasteiger partial charge in [0.15, 0.2) is 0 Å². The quantitative estimate of drug-likeness (QED) is 0.781. The van der Waals surface area contributed by atoms with E-state index in [1.165, 1.54) is 0 Å². The van der Waals surface area contributed by atoms with Gasteiger partial charge in [-0.2, -0.15) is 0 Å². The number of nitrogens with zero attached hydrogens (tertiary/aromatic N) is 2. The van der Waals surface area contributed by atoms with Crippen molar-refractivity contribution in [3.05, 3.63) is 17.8 Å². The number of nitrogens with one attached hydrogen (secondary N) is 1. The molecule has 0 atom stereocenters. The summed E-state index contributed by atoms with van der Waals surface area (Å²) >= 11 is 0. The smallest absolute Gasteiger partial charge is 0.128 e. The van der Waals surface area contributed by atoms with E-state index in [1.54, 1.807) is 0 Å². The van der Waals surface area contributed by atoms with E-state index < -0.39 is 5.60 Å². The van der Waals surface area contributed by atoms with Gasteiger partial charge in [-0.3, -0.25) is 0 Å². The molecule has 3 rings (SSSR count). The Balaban J connectivity index is 1.59. The van der Waals surface area contributed by atoms with Crippen LogP contribution in [-0.2, 0) is 0 Å². The van der Waals surface area contributed by atoms with Crippen LogP contribution in [0.5, 0.6) is 0 Å². The fourth-order valence-electron chi connectivity index (χ4n) is 4.17. The molecule has 5 nitrogen and oxygen atoms in total. The SMILES string of the molecule is Cc1nc(N2CCC(C(C)(C)O)CC2)ccc1NC1CCC(N)CC1. The summed E-state index contributed by atoms with van der Waals surface area (Å²) in [6.45, 7) is 7.87. The summed E-state index contributed by atoms with van der Waals surface area (Å²) in [7, 11) is 0. The summed E-state index contributed by atoms with van der Waals surface area (Å²) in [5, 5.41) is 13.9. The number of aryl methyl sites for hydroxylation is 1. The van der Waals surface area contributed by atoms with E-state index in [9.17, 15) is 5.11 Å². The topological polar surface area (TPSA) is 74.4 Å². The number of aromatic nitrogens is 1. The monoisotopic (exact) mass is 346 g/mol. The van der Waals surface area contributed by atoms with Crippen molar-refractivity contribution in [2.45, 2.75) is 77.0 Å². The minimum atomic E-state index is -0.578. The van der Waals surface area contributed by atoms with Crippen molar-refractivity contribution in [2.24, 2.45) is 11.7 Å². The molecule has 4 N–H and O–H groups in total. The third-order valence-corrected chi connectivity index (χ3v) is 6.02. The average molecular weight is 347 g/mol. The molecular formula is C20H34N4O. The second kappa shape index (κ2) is 7.50. The largest absolute Gasteiger partial charge is 0.390 e. The van der Waals surface area contributed by atoms with Gasteiger partial charge in [-0.1, -0.05) is 0 Å². The maximum absolute atomic E-state index is 10.2. The van der Waals surface area contributed by atoms with Gasteiger partial charge in [-0.25, -0.2) is 4.98 Å². The molecule has 0 radical (unpaired) electrons. The van der Waals surface area contributed by atoms with Crippen molar-refractivity contribution in [1.82, 2.24) is 4.98 Å². The van der Waals surface area contributed by atoms with Crippen LogP contribution in [0.25, 0.3) is 0 Å². The van der Waals surface area contributed by atoms with Crippen molar-refractivity contribution in [2.75, 3.05) is 23.3 Å². The van der Waals surface area contributed by atoms with Gasteiger partial charge in [0.2, 0.25) is 0 Å². The van der Waals surface area contributed by atoms with Gasteiger partial charge < -0.3 is 21.1 Å². The maximum atomic E-state index is 10.2. The number of rotatable bonds is 4. The number of hydrogen-bond donors (Lipinski definition) is 3. The molecule has 2 fully saturated rings. The molecular weight excluding hydrogens is 312 g/mol. The van der Waals surface area contributed by atoms with Gasteiger partial charge in [-0.05, 0) is 77.3 Å². The summed E-state index contributed by atoms with van der Waals surface area (Å²) in [5.74, 6) is 1.44. The highest BCUT2D eigenvalue weighted by Crippen LogP contribution is 2.30. The van der Waals surface area contributed by atoms with Crippen LogP contribution in [-0.4, -0.2) is 40.9 Å². The van der Waals surface area contributed by atoms with E-state index in [-0.39, 0.29) is 0 Å². The van der Waals surface area contributed by atoms with Crippen molar-refractivity contribution < 1.29 is 5.11 Å². The molecule has 0 amide bonds. The van der Waals surface area contributed by atoms with Crippen molar-refractivity contribution in [3.63, 3.8) is 0 Å². The van der Waals surface area contributed by atoms with Gasteiger partial charge >= 0.3 is 0 Å². The van der Waals surface area contributed by atoms with Crippen LogP contribution in [0, 0.1) is 12.8 Å². The molecule has 2 heterocycles. The molecule has 0 aromatic carbocycles. The fraction of sp³-hybridized carbons (Fsp3) is 0.750. The summed E-state index contributed by atoms with van der Waals surface area (Å²) in [6.07, 6.45) is 6.55. The molecule has 5 heteroatoms. The Kier molecular flexibility index (Phi) is 5.54. The average Bonchev–Trinajstić information content (AvgIpc) is 2.58. The molecule has 1 aliphatic carbocycles. The Morgan fingerprint density at radius 1 is 1.12 bits per heavy atom. The Bertz CT molecular complexity index is 568. The standard InChI is InChI=1S/C20H34N4O/c1-14-18(23-17-6-4-16(21)5-7-17)8-9-19(22-14)24-12-10-15(11-13-24)20(2,3)25/h8-9,15-17,23,25H,4-7,10-13,21H2,1-3H3. The molecule has 2 aliphatic rings. The molecule has 1 saturated heterocycles. The Hall–Kier alpha value is -1.33. The number of aliphatic hydroxyl groups is 1. The fourth-order valence-corrected chi connectivity index (χ4v) is 4.17. The van der Waals surface area contributed by atoms with E-state index in [0.717, 1.165) is 68.8 Å². The first kappa shape index (κ1) is 18.5. The lowest BCUT2D eigenvalue weighted by atomic mass is 9.83. The van der Waals surface area contributed by atoms with Crippen LogP contribution < -0.4 is 16.0 Å². The van der Waals surface area contributed by atoms with Crippen molar-refractivity contribution in [3.8, 4) is 0 Å². The van der Waals surface area contributed by atoms with E-state index in [4.69, 9.17) is 10.7 Å². The molecule has 25 heavy (non-hydrogen) atoms. The first-order valence-electron chi connectivity index (χ1n) is 9.80. The van der Waals surface area contributed by atoms with Crippen LogP contribution in [0.15, 0.2) is 12.1 Å². The van der Waals surface area contributed by atoms with Crippen LogP contribution in [0.2, 0.25) is 0 Å². The third kappa shape index (κ3) is 4.64. The molecule has 1 aromatic rings. The maximum Gasteiger partial charge on any atom is 0.128 e. The van der Waals surface area contributed by atoms with E-state index in [1.807, 2.05) is 13.8 Å². The van der Waals surface area contributed by atoms with Crippen LogP contribution in [0.3, 0.4) is 0 Å². The molecule has 0 bridgehead atoms. The number of nitrogens with two attached hydrogens (primary N) is 1. The highest BCUT2D eigenvalue weighted by molar-refractivity contribution is 5.54. The molecule has 0 unspecified atom stereocenters. The van der Waals surface area contributed by atoms with Crippen LogP contribution >= 0.6 is 0 Å². The second-order valence-corrected chi connectivity index (χ2v) is 8.47. The minimum Gasteiger partial charge on any atom is -0.390 e. The van der Waals surface area contributed by atoms with Crippen molar-refractivity contribution >= 4 is 11.5 Å². The Morgan fingerprint density at radius 3 is 2.32 bits per heavy atom. The van der Waals surface area contributed by atoms with E-state index in [0.29, 0.717) is 18.0 Å². The highest BCUT2D eigenvalue weighted by Gasteiger charge is 2.31. The van der Waals surface area contributed by atoms with Crippen molar-refractivity contribution in [1.29, 1.82) is 0 Å². The lowest BCUT2D eigenvalue weighted by molar-refractivity contribution is 0.00646. The molecule has 1 saturated carbocycles. The highest BCUT2D eigenvalue weighted by atomic mass is 16.3. The second-order valence-electron chi connectivity index (χ2n) is 8.47. The zero-order valence-electron chi connectivity index (χ0n) is 16.0. The third-order valence-electron chi connectivity index (χ3n) is 6.02. The predicted octanol–water partition coefficient (Wildman–Crippen LogP) is 3.06. The first-order chi connectivity index (χ1) is 11.8. The van der Waals surface area contributed by atoms with Gasteiger partial charge in [-0.15, -0.1) is 0 Å². The van der Waals surface area contributed by atoms with Gasteiger partial charge in [0.25, 0.3) is 0 Å². The molecule has 140 valence electrons. The predicted molar refractivity (Wildman–Crippen MR) is 104 cm³/mol. The first-order valence-corrected chi connectivity index (χ1v) is 9.80. The van der Waals surface area contributed by atoms with Gasteiger partial charge in [0.05, 0.1) is 17.0 Å². The summed E-state index contributed by atoms with van der Waals surface area (Å²) in [6, 6.07) is 5.21. The summed E-state index contributed by atoms with van der Waals surface area (Å²) in [4.78, 5) is 7.19. The van der Waals surface area contributed by atoms with Crippen LogP contribution in [0.1, 0.15) is 58.1 Å². The molecule has 0 spiro atoms. The van der Waals surface area contributed by atoms with E-state index in [2.05, 4.69) is 29.3 Å². The number of piperidine rings is 1. The Labute approximate surface area is 152 Å². The number of hydrogen-bond acceptors (Lipinski definition) is 5. The minimum absolute atomic E-state index is 0.378. The normalized spacial score (nSPS) is 25.9.